The summed E-state index contributed by atoms with van der Waals surface area (Å²) >= 11 is 0. The molecule has 2 amide bonds. The molecule has 3 fully saturated rings. The van der Waals surface area contributed by atoms with Gasteiger partial charge in [0.15, 0.2) is 5.65 Å². The number of carboxylic acid groups (broad SMARTS) is 1. The quantitative estimate of drug-likeness (QED) is 0.313. The lowest BCUT2D eigenvalue weighted by atomic mass is 9.81. The van der Waals surface area contributed by atoms with Crippen LogP contribution in [-0.4, -0.2) is 56.0 Å². The zero-order chi connectivity index (χ0) is 28.7. The van der Waals surface area contributed by atoms with E-state index in [2.05, 4.69) is 21.0 Å². The molecule has 0 aromatic carbocycles. The smallest absolute Gasteiger partial charge is 0.408 e. The number of hydrogen-bond acceptors (Lipinski definition) is 6. The molecule has 10 nitrogen and oxygen atoms in total. The Bertz CT molecular complexity index is 1210. The van der Waals surface area contributed by atoms with Crippen LogP contribution < -0.4 is 16.0 Å². The second-order valence-electron chi connectivity index (χ2n) is 12.7. The molecule has 2 aromatic heterocycles. The van der Waals surface area contributed by atoms with Gasteiger partial charge in [0.05, 0.1) is 24.1 Å². The van der Waals surface area contributed by atoms with Crippen LogP contribution in [0.5, 0.6) is 0 Å². The molecule has 5 rings (SSSR count). The fourth-order valence-corrected chi connectivity index (χ4v) is 5.73. The molecule has 3 saturated carbocycles. The molecule has 0 bridgehead atoms. The third-order valence-corrected chi connectivity index (χ3v) is 8.09. The van der Waals surface area contributed by atoms with Crippen molar-refractivity contribution in [2.75, 3.05) is 6.54 Å². The van der Waals surface area contributed by atoms with Gasteiger partial charge in [0, 0.05) is 31.5 Å². The molecule has 220 valence electrons. The van der Waals surface area contributed by atoms with Crippen molar-refractivity contribution in [3.05, 3.63) is 29.7 Å². The maximum absolute atomic E-state index is 13.9. The molecule has 12 heteroatoms. The van der Waals surface area contributed by atoms with Crippen LogP contribution in [0.1, 0.15) is 95.5 Å². The molecule has 3 aliphatic rings. The van der Waals surface area contributed by atoms with Gasteiger partial charge in [-0.05, 0) is 88.7 Å². The number of amides is 2. The van der Waals surface area contributed by atoms with Crippen LogP contribution in [0.15, 0.2) is 18.5 Å². The Kier molecular flexibility index (Phi) is 7.91. The number of carbonyl (C=O) groups excluding carboxylic acids is 1. The van der Waals surface area contributed by atoms with Crippen LogP contribution in [0.4, 0.5) is 18.4 Å². The molecule has 0 spiro atoms. The Labute approximate surface area is 232 Å². The van der Waals surface area contributed by atoms with Gasteiger partial charge in [-0.15, -0.1) is 0 Å². The number of fused-ring (bicyclic) bond motifs is 1. The number of aromatic nitrogens is 3. The van der Waals surface area contributed by atoms with E-state index in [-0.39, 0.29) is 43.7 Å². The number of rotatable bonds is 10. The van der Waals surface area contributed by atoms with E-state index in [1.165, 1.54) is 0 Å². The molecule has 0 saturated heterocycles. The van der Waals surface area contributed by atoms with Gasteiger partial charge < -0.3 is 25.8 Å². The summed E-state index contributed by atoms with van der Waals surface area (Å²) in [6.07, 6.45) is 6.21. The maximum atomic E-state index is 13.9. The van der Waals surface area contributed by atoms with Crippen molar-refractivity contribution < 1.29 is 28.2 Å². The van der Waals surface area contributed by atoms with Crippen molar-refractivity contribution in [3.8, 4) is 0 Å². The summed E-state index contributed by atoms with van der Waals surface area (Å²) in [7, 11) is 0. The van der Waals surface area contributed by atoms with Gasteiger partial charge >= 0.3 is 12.2 Å². The van der Waals surface area contributed by atoms with E-state index in [0.717, 1.165) is 31.2 Å². The number of nitrogens with zero attached hydrogens (tertiary/aromatic N) is 3. The van der Waals surface area contributed by atoms with E-state index in [0.29, 0.717) is 29.7 Å². The van der Waals surface area contributed by atoms with Crippen molar-refractivity contribution >= 4 is 17.8 Å². The average molecular weight is 563 g/mol. The maximum Gasteiger partial charge on any atom is 0.408 e. The van der Waals surface area contributed by atoms with Crippen LogP contribution in [0.2, 0.25) is 0 Å². The zero-order valence-electron chi connectivity index (χ0n) is 23.3. The number of alkyl carbamates (subject to hydrolysis) is 1. The van der Waals surface area contributed by atoms with Gasteiger partial charge in [0.25, 0.3) is 0 Å². The predicted octanol–water partition coefficient (Wildman–Crippen LogP) is 5.21. The first-order valence-electron chi connectivity index (χ1n) is 14.3. The molecule has 2 heterocycles. The fraction of sp³-hybridized carbons (Fsp3) is 0.714. The number of ether oxygens (including phenoxy) is 1. The van der Waals surface area contributed by atoms with Crippen molar-refractivity contribution in [2.45, 2.75) is 102 Å². The van der Waals surface area contributed by atoms with E-state index in [1.807, 2.05) is 6.07 Å². The van der Waals surface area contributed by atoms with Crippen LogP contribution in [-0.2, 0) is 4.74 Å². The third-order valence-electron chi connectivity index (χ3n) is 8.09. The van der Waals surface area contributed by atoms with E-state index < -0.39 is 29.8 Å². The number of imidazole rings is 1. The third kappa shape index (κ3) is 7.38. The molecule has 0 aliphatic heterocycles. The number of alkyl halides is 2. The summed E-state index contributed by atoms with van der Waals surface area (Å²) in [5.74, 6) is -2.09. The van der Waals surface area contributed by atoms with Crippen molar-refractivity contribution in [1.29, 1.82) is 0 Å². The predicted molar refractivity (Wildman–Crippen MR) is 143 cm³/mol. The average Bonchev–Trinajstić information content (AvgIpc) is 3.78. The van der Waals surface area contributed by atoms with Crippen LogP contribution in [0.3, 0.4) is 0 Å². The topological polar surface area (TPSA) is 130 Å². The van der Waals surface area contributed by atoms with Gasteiger partial charge in [-0.3, -0.25) is 0 Å². The Balaban J connectivity index is 1.36. The summed E-state index contributed by atoms with van der Waals surface area (Å²) in [5.41, 5.74) is 1.42. The largest absolute Gasteiger partial charge is 0.465 e. The molecule has 40 heavy (non-hydrogen) atoms. The highest BCUT2D eigenvalue weighted by Gasteiger charge is 2.40. The van der Waals surface area contributed by atoms with Gasteiger partial charge in [-0.2, -0.15) is 5.10 Å². The first-order chi connectivity index (χ1) is 18.9. The van der Waals surface area contributed by atoms with Gasteiger partial charge in [-0.25, -0.2) is 27.9 Å². The number of halogens is 2. The standard InChI is InChI=1S/C28H40F2N6O4/c1-27(2,3)40-26(39)35-24(18-8-10-28(29,30)11-9-18)21-15-36-22(33-21)12-19(13-32-36)23(17-6-7-17)31-14-20(16-4-5-16)34-25(37)38/h12-13,15-18,20,23-24,31,34H,4-11,14H2,1-3H3,(H,35,39)(H,37,38)/t20-,23+,24-/m0/s1. The minimum absolute atomic E-state index is 0.0192. The fourth-order valence-electron chi connectivity index (χ4n) is 5.73. The highest BCUT2D eigenvalue weighted by molar-refractivity contribution is 5.68. The minimum Gasteiger partial charge on any atom is -0.465 e. The van der Waals surface area contributed by atoms with E-state index in [9.17, 15) is 23.5 Å². The van der Waals surface area contributed by atoms with E-state index in [4.69, 9.17) is 9.72 Å². The normalized spacial score (nSPS) is 21.9. The van der Waals surface area contributed by atoms with Crippen LogP contribution in [0, 0.1) is 17.8 Å². The molecular weight excluding hydrogens is 522 g/mol. The lowest BCUT2D eigenvalue weighted by molar-refractivity contribution is -0.0500. The second-order valence-corrected chi connectivity index (χ2v) is 12.7. The Morgan fingerprint density at radius 1 is 1.07 bits per heavy atom. The summed E-state index contributed by atoms with van der Waals surface area (Å²) < 4.78 is 35.0. The molecule has 0 unspecified atom stereocenters. The molecular formula is C28H40F2N6O4. The summed E-state index contributed by atoms with van der Waals surface area (Å²) in [6.45, 7) is 5.85. The van der Waals surface area contributed by atoms with E-state index in [1.54, 1.807) is 37.7 Å². The molecule has 0 radical (unpaired) electrons. The first kappa shape index (κ1) is 28.5. The van der Waals surface area contributed by atoms with E-state index >= 15 is 0 Å². The first-order valence-corrected chi connectivity index (χ1v) is 14.3. The molecule has 3 atom stereocenters. The number of nitrogens with one attached hydrogen (secondary N) is 3. The lowest BCUT2D eigenvalue weighted by Gasteiger charge is -2.33. The van der Waals surface area contributed by atoms with Crippen LogP contribution >= 0.6 is 0 Å². The zero-order valence-corrected chi connectivity index (χ0v) is 23.3. The minimum atomic E-state index is -2.69. The summed E-state index contributed by atoms with van der Waals surface area (Å²) in [6, 6.07) is 1.26. The van der Waals surface area contributed by atoms with Crippen molar-refractivity contribution in [3.63, 3.8) is 0 Å². The Morgan fingerprint density at radius 2 is 1.73 bits per heavy atom. The second kappa shape index (κ2) is 11.1. The van der Waals surface area contributed by atoms with Crippen molar-refractivity contribution in [2.24, 2.45) is 17.8 Å². The van der Waals surface area contributed by atoms with Gasteiger partial charge in [0.2, 0.25) is 5.92 Å². The Morgan fingerprint density at radius 3 is 2.33 bits per heavy atom. The highest BCUT2D eigenvalue weighted by atomic mass is 19.3. The van der Waals surface area contributed by atoms with Gasteiger partial charge in [-0.1, -0.05) is 0 Å². The molecule has 3 aliphatic carbocycles. The lowest BCUT2D eigenvalue weighted by Crippen LogP contribution is -2.44. The van der Waals surface area contributed by atoms with Gasteiger partial charge in [0.1, 0.15) is 5.60 Å². The number of hydrogen-bond donors (Lipinski definition) is 4. The molecule has 2 aromatic rings. The monoisotopic (exact) mass is 562 g/mol. The summed E-state index contributed by atoms with van der Waals surface area (Å²) in [4.78, 5) is 28.8. The SMILES string of the molecule is CC(C)(C)OC(=O)N[C@H](c1cn2ncc([C@H](NC[C@H](NC(=O)O)C3CC3)C3CC3)cc2n1)C1CCC(F)(F)CC1. The van der Waals surface area contributed by atoms with Crippen LogP contribution in [0.25, 0.3) is 5.65 Å². The highest BCUT2D eigenvalue weighted by Crippen LogP contribution is 2.43. The Hall–Kier alpha value is -3.02. The van der Waals surface area contributed by atoms with Crippen molar-refractivity contribution in [1.82, 2.24) is 30.5 Å². The summed E-state index contributed by atoms with van der Waals surface area (Å²) in [5, 5.41) is 22.9. The number of carbonyl (C=O) groups is 2. The molecule has 4 N–H and O–H groups in total.